The summed E-state index contributed by atoms with van der Waals surface area (Å²) >= 11 is 13.3. The van der Waals surface area contributed by atoms with Crippen LogP contribution < -0.4 is 14.9 Å². The van der Waals surface area contributed by atoms with Crippen LogP contribution in [0.1, 0.15) is 56.3 Å². The van der Waals surface area contributed by atoms with E-state index in [2.05, 4.69) is 18.8 Å². The second-order valence-electron chi connectivity index (χ2n) is 8.45. The number of phenolic OH excluding ortho intramolecular Hbond substituents is 1. The Labute approximate surface area is 216 Å². The summed E-state index contributed by atoms with van der Waals surface area (Å²) in [6.07, 6.45) is 1.53. The standard InChI is InChI=1S/C26H24Cl2N2O4S/c1-5-34-25(33)21-14(4)29-26-30(22(21)16-8-6-15(7-9-16)13(2)3)24(32)20(35-26)11-17-10-18(27)12-19(28)23(17)31/h6-13,22,31H,5H2,1-4H3/b20-11-/t22-/m1/s1. The average Bonchev–Trinajstić information content (AvgIpc) is 3.10. The van der Waals surface area contributed by atoms with Gasteiger partial charge in [-0.2, -0.15) is 0 Å². The lowest BCUT2D eigenvalue weighted by Crippen LogP contribution is -2.39. The number of allylic oxidation sites excluding steroid dienone is 1. The van der Waals surface area contributed by atoms with Crippen molar-refractivity contribution in [3.05, 3.63) is 94.1 Å². The molecule has 4 rings (SSSR count). The quantitative estimate of drug-likeness (QED) is 0.474. The van der Waals surface area contributed by atoms with Crippen LogP contribution in [-0.4, -0.2) is 22.2 Å². The summed E-state index contributed by atoms with van der Waals surface area (Å²) in [5.41, 5.74) is 2.68. The van der Waals surface area contributed by atoms with Crippen LogP contribution in [0.2, 0.25) is 10.0 Å². The Morgan fingerprint density at radius 2 is 1.94 bits per heavy atom. The summed E-state index contributed by atoms with van der Waals surface area (Å²) in [4.78, 5) is 31.6. The van der Waals surface area contributed by atoms with Crippen LogP contribution in [0.15, 0.2) is 57.5 Å². The predicted octanol–water partition coefficient (Wildman–Crippen LogP) is 4.93. The van der Waals surface area contributed by atoms with E-state index in [0.717, 1.165) is 22.5 Å². The third-order valence-corrected chi connectivity index (χ3v) is 7.27. The summed E-state index contributed by atoms with van der Waals surface area (Å²) in [6.45, 7) is 7.88. The van der Waals surface area contributed by atoms with Crippen molar-refractivity contribution in [2.75, 3.05) is 6.61 Å². The lowest BCUT2D eigenvalue weighted by atomic mass is 9.93. The van der Waals surface area contributed by atoms with Gasteiger partial charge in [-0.1, -0.05) is 72.7 Å². The van der Waals surface area contributed by atoms with E-state index in [1.54, 1.807) is 13.8 Å². The van der Waals surface area contributed by atoms with E-state index in [-0.39, 0.29) is 22.9 Å². The van der Waals surface area contributed by atoms with Crippen molar-refractivity contribution in [3.8, 4) is 5.75 Å². The number of carbonyl (C=O) groups is 1. The van der Waals surface area contributed by atoms with E-state index in [1.165, 1.54) is 22.8 Å². The molecular formula is C26H24Cl2N2O4S. The Morgan fingerprint density at radius 1 is 1.26 bits per heavy atom. The molecule has 0 saturated heterocycles. The highest BCUT2D eigenvalue weighted by Gasteiger charge is 2.33. The van der Waals surface area contributed by atoms with Crippen LogP contribution >= 0.6 is 34.5 Å². The SMILES string of the molecule is CCOC(=O)C1=C(C)N=c2s/c(=C\c3cc(Cl)cc(Cl)c3O)c(=O)n2[C@@H]1c1ccc(C(C)C)cc1. The fourth-order valence-electron chi connectivity index (χ4n) is 4.01. The number of thiazole rings is 1. The summed E-state index contributed by atoms with van der Waals surface area (Å²) < 4.78 is 7.15. The minimum atomic E-state index is -0.704. The molecule has 1 atom stereocenters. The molecule has 1 aliphatic heterocycles. The van der Waals surface area contributed by atoms with Crippen molar-refractivity contribution in [1.29, 1.82) is 0 Å². The molecule has 9 heteroatoms. The van der Waals surface area contributed by atoms with Gasteiger partial charge in [0.1, 0.15) is 5.75 Å². The third-order valence-electron chi connectivity index (χ3n) is 5.78. The van der Waals surface area contributed by atoms with Gasteiger partial charge in [0, 0.05) is 10.6 Å². The molecule has 1 aliphatic rings. The van der Waals surface area contributed by atoms with E-state index < -0.39 is 12.0 Å². The molecule has 0 amide bonds. The van der Waals surface area contributed by atoms with Gasteiger partial charge in [-0.15, -0.1) is 0 Å². The molecule has 0 aliphatic carbocycles. The lowest BCUT2D eigenvalue weighted by molar-refractivity contribution is -0.139. The van der Waals surface area contributed by atoms with Crippen molar-refractivity contribution in [1.82, 2.24) is 4.57 Å². The van der Waals surface area contributed by atoms with Gasteiger partial charge in [0.15, 0.2) is 4.80 Å². The van der Waals surface area contributed by atoms with Gasteiger partial charge in [-0.25, -0.2) is 9.79 Å². The first-order valence-corrected chi connectivity index (χ1v) is 12.7. The molecule has 0 radical (unpaired) electrons. The molecule has 3 aromatic rings. The topological polar surface area (TPSA) is 80.9 Å². The number of fused-ring (bicyclic) bond motifs is 1. The van der Waals surface area contributed by atoms with Crippen molar-refractivity contribution in [2.24, 2.45) is 4.99 Å². The Kier molecular flexibility index (Phi) is 7.22. The Morgan fingerprint density at radius 3 is 2.57 bits per heavy atom. The summed E-state index contributed by atoms with van der Waals surface area (Å²) in [7, 11) is 0. The number of carbonyl (C=O) groups excluding carboxylic acids is 1. The van der Waals surface area contributed by atoms with Gasteiger partial charge in [-0.3, -0.25) is 9.36 Å². The van der Waals surface area contributed by atoms with Crippen LogP contribution in [0.4, 0.5) is 0 Å². The number of hydrogen-bond donors (Lipinski definition) is 1. The van der Waals surface area contributed by atoms with Crippen LogP contribution in [0.25, 0.3) is 6.08 Å². The zero-order chi connectivity index (χ0) is 25.4. The monoisotopic (exact) mass is 530 g/mol. The highest BCUT2D eigenvalue weighted by molar-refractivity contribution is 7.07. The first-order valence-electron chi connectivity index (χ1n) is 11.1. The molecule has 6 nitrogen and oxygen atoms in total. The maximum Gasteiger partial charge on any atom is 0.338 e. The number of esters is 1. The van der Waals surface area contributed by atoms with Gasteiger partial charge < -0.3 is 9.84 Å². The molecule has 2 aromatic carbocycles. The molecular weight excluding hydrogens is 507 g/mol. The van der Waals surface area contributed by atoms with Gasteiger partial charge in [0.25, 0.3) is 5.56 Å². The molecule has 35 heavy (non-hydrogen) atoms. The number of aromatic hydroxyl groups is 1. The number of phenols is 1. The zero-order valence-corrected chi connectivity index (χ0v) is 22.0. The van der Waals surface area contributed by atoms with Gasteiger partial charge >= 0.3 is 5.97 Å². The Bertz CT molecular complexity index is 1520. The van der Waals surface area contributed by atoms with E-state index in [4.69, 9.17) is 27.9 Å². The maximum atomic E-state index is 13.7. The van der Waals surface area contributed by atoms with Crippen molar-refractivity contribution in [2.45, 2.75) is 39.7 Å². The van der Waals surface area contributed by atoms with Crippen molar-refractivity contribution >= 4 is 46.6 Å². The second kappa shape index (κ2) is 10.0. The maximum absolute atomic E-state index is 13.7. The number of benzene rings is 2. The lowest BCUT2D eigenvalue weighted by Gasteiger charge is -2.25. The number of rotatable bonds is 5. The minimum Gasteiger partial charge on any atom is -0.506 e. The third kappa shape index (κ3) is 4.81. The van der Waals surface area contributed by atoms with Gasteiger partial charge in [-0.05, 0) is 49.1 Å². The number of aromatic nitrogens is 1. The van der Waals surface area contributed by atoms with Crippen molar-refractivity contribution < 1.29 is 14.6 Å². The molecule has 1 aromatic heterocycles. The van der Waals surface area contributed by atoms with Crippen LogP contribution in [-0.2, 0) is 9.53 Å². The van der Waals surface area contributed by atoms with Crippen LogP contribution in [0.3, 0.4) is 0 Å². The number of ether oxygens (including phenoxy) is 1. The van der Waals surface area contributed by atoms with E-state index in [0.29, 0.717) is 37.1 Å². The van der Waals surface area contributed by atoms with Crippen molar-refractivity contribution in [3.63, 3.8) is 0 Å². The molecule has 0 fully saturated rings. The summed E-state index contributed by atoms with van der Waals surface area (Å²) in [5, 5.41) is 10.8. The summed E-state index contributed by atoms with van der Waals surface area (Å²) in [6, 6.07) is 10.1. The first kappa shape index (κ1) is 25.2. The molecule has 182 valence electrons. The Hall–Kier alpha value is -2.87. The van der Waals surface area contributed by atoms with E-state index >= 15 is 0 Å². The molecule has 0 bridgehead atoms. The minimum absolute atomic E-state index is 0.0834. The van der Waals surface area contributed by atoms with Gasteiger partial charge in [0.05, 0.1) is 33.5 Å². The van der Waals surface area contributed by atoms with E-state index in [9.17, 15) is 14.7 Å². The highest BCUT2D eigenvalue weighted by Crippen LogP contribution is 2.33. The van der Waals surface area contributed by atoms with Crippen LogP contribution in [0.5, 0.6) is 5.75 Å². The zero-order valence-electron chi connectivity index (χ0n) is 19.6. The average molecular weight is 531 g/mol. The van der Waals surface area contributed by atoms with E-state index in [1.807, 2.05) is 24.3 Å². The fourth-order valence-corrected chi connectivity index (χ4v) is 5.55. The molecule has 0 unspecified atom stereocenters. The smallest absolute Gasteiger partial charge is 0.338 e. The Balaban J connectivity index is 1.96. The largest absolute Gasteiger partial charge is 0.506 e. The predicted molar refractivity (Wildman–Crippen MR) is 139 cm³/mol. The molecule has 0 saturated carbocycles. The second-order valence-corrected chi connectivity index (χ2v) is 10.3. The molecule has 1 N–H and O–H groups in total. The normalized spacial score (nSPS) is 15.9. The van der Waals surface area contributed by atoms with Crippen LogP contribution in [0, 0.1) is 0 Å². The molecule has 0 spiro atoms. The first-order chi connectivity index (χ1) is 16.6. The number of hydrogen-bond acceptors (Lipinski definition) is 6. The molecule has 2 heterocycles. The number of halogens is 2. The fraction of sp³-hybridized carbons (Fsp3) is 0.269. The van der Waals surface area contributed by atoms with Gasteiger partial charge in [0.2, 0.25) is 0 Å². The number of nitrogens with zero attached hydrogens (tertiary/aromatic N) is 2. The highest BCUT2D eigenvalue weighted by atomic mass is 35.5. The summed E-state index contributed by atoms with van der Waals surface area (Å²) in [5.74, 6) is -0.351.